The molecule has 0 aliphatic carbocycles. The zero-order valence-electron chi connectivity index (χ0n) is 21.5. The second-order valence-electron chi connectivity index (χ2n) is 9.00. The molecular weight excluding hydrogens is 482 g/mol. The van der Waals surface area contributed by atoms with Gasteiger partial charge in [0.25, 0.3) is 0 Å². The third kappa shape index (κ3) is 6.48. The largest absolute Gasteiger partial charge is 0.454 e. The van der Waals surface area contributed by atoms with Gasteiger partial charge in [-0.15, -0.1) is 0 Å². The van der Waals surface area contributed by atoms with Crippen molar-refractivity contribution in [3.63, 3.8) is 0 Å². The van der Waals surface area contributed by atoms with Gasteiger partial charge >= 0.3 is 0 Å². The normalized spacial score (nSPS) is 14.1. The lowest BCUT2D eigenvalue weighted by atomic mass is 10.1. The molecular formula is C26H35N3O6S. The molecule has 0 radical (unpaired) electrons. The van der Waals surface area contributed by atoms with E-state index >= 15 is 0 Å². The summed E-state index contributed by atoms with van der Waals surface area (Å²) in [5, 5.41) is 2.96. The Kier molecular flexibility index (Phi) is 8.84. The van der Waals surface area contributed by atoms with Crippen LogP contribution in [0.3, 0.4) is 0 Å². The molecule has 0 spiro atoms. The summed E-state index contributed by atoms with van der Waals surface area (Å²) in [7, 11) is -3.83. The third-order valence-electron chi connectivity index (χ3n) is 6.31. The van der Waals surface area contributed by atoms with Crippen LogP contribution in [0.1, 0.15) is 44.7 Å². The minimum Gasteiger partial charge on any atom is -0.454 e. The van der Waals surface area contributed by atoms with Gasteiger partial charge in [0.15, 0.2) is 11.5 Å². The minimum absolute atomic E-state index is 0.0459. The van der Waals surface area contributed by atoms with Crippen LogP contribution < -0.4 is 19.1 Å². The van der Waals surface area contributed by atoms with E-state index in [1.54, 1.807) is 12.1 Å². The summed E-state index contributed by atoms with van der Waals surface area (Å²) in [6, 6.07) is 11.5. The lowest BCUT2D eigenvalue weighted by Gasteiger charge is -2.33. The highest BCUT2D eigenvalue weighted by Crippen LogP contribution is 2.36. The SMILES string of the molecule is CC[C@@H](C)NC(=O)[C@H](CC)N(Cc1ccccc1C)C(=O)CN(c1ccc2c(c1)OCO2)S(C)(=O)=O. The molecule has 2 aromatic rings. The number of aryl methyl sites for hydroxylation is 1. The van der Waals surface area contributed by atoms with Crippen molar-refractivity contribution < 1.29 is 27.5 Å². The molecule has 3 rings (SSSR count). The van der Waals surface area contributed by atoms with Crippen molar-refractivity contribution in [2.75, 3.05) is 23.9 Å². The summed E-state index contributed by atoms with van der Waals surface area (Å²) in [6.07, 6.45) is 2.17. The van der Waals surface area contributed by atoms with Crippen LogP contribution in [-0.2, 0) is 26.2 Å². The van der Waals surface area contributed by atoms with E-state index in [2.05, 4.69) is 5.32 Å². The number of hydrogen-bond acceptors (Lipinski definition) is 6. The van der Waals surface area contributed by atoms with Crippen molar-refractivity contribution >= 4 is 27.5 Å². The van der Waals surface area contributed by atoms with Gasteiger partial charge in [0.2, 0.25) is 28.6 Å². The number of sulfonamides is 1. The summed E-state index contributed by atoms with van der Waals surface area (Å²) >= 11 is 0. The number of benzene rings is 2. The highest BCUT2D eigenvalue weighted by molar-refractivity contribution is 7.92. The average molecular weight is 518 g/mol. The zero-order chi connectivity index (χ0) is 26.5. The summed E-state index contributed by atoms with van der Waals surface area (Å²) in [6.45, 7) is 7.41. The second-order valence-corrected chi connectivity index (χ2v) is 10.9. The van der Waals surface area contributed by atoms with Crippen molar-refractivity contribution in [3.05, 3.63) is 53.6 Å². The molecule has 0 bridgehead atoms. The Labute approximate surface area is 213 Å². The van der Waals surface area contributed by atoms with Gasteiger partial charge in [0, 0.05) is 18.7 Å². The first-order valence-corrected chi connectivity index (χ1v) is 13.9. The maximum Gasteiger partial charge on any atom is 0.244 e. The van der Waals surface area contributed by atoms with Crippen LogP contribution in [0.4, 0.5) is 5.69 Å². The van der Waals surface area contributed by atoms with E-state index in [0.717, 1.165) is 28.1 Å². The molecule has 36 heavy (non-hydrogen) atoms. The van der Waals surface area contributed by atoms with Crippen LogP contribution >= 0.6 is 0 Å². The molecule has 1 aliphatic rings. The molecule has 9 nitrogen and oxygen atoms in total. The minimum atomic E-state index is -3.83. The lowest BCUT2D eigenvalue weighted by Crippen LogP contribution is -2.53. The molecule has 2 amide bonds. The third-order valence-corrected chi connectivity index (χ3v) is 7.45. The Bertz CT molecular complexity index is 1200. The van der Waals surface area contributed by atoms with Crippen molar-refractivity contribution in [1.29, 1.82) is 0 Å². The van der Waals surface area contributed by atoms with Gasteiger partial charge < -0.3 is 19.7 Å². The summed E-state index contributed by atoms with van der Waals surface area (Å²) in [4.78, 5) is 28.4. The Balaban J connectivity index is 1.96. The molecule has 1 heterocycles. The fourth-order valence-corrected chi connectivity index (χ4v) is 4.83. The predicted octanol–water partition coefficient (Wildman–Crippen LogP) is 3.21. The fraction of sp³-hybridized carbons (Fsp3) is 0.462. The van der Waals surface area contributed by atoms with Crippen LogP contribution in [0.15, 0.2) is 42.5 Å². The number of carbonyl (C=O) groups excluding carboxylic acids is 2. The van der Waals surface area contributed by atoms with Gasteiger partial charge in [-0.05, 0) is 49.9 Å². The summed E-state index contributed by atoms with van der Waals surface area (Å²) in [5.74, 6) is 0.174. The molecule has 2 atom stereocenters. The highest BCUT2D eigenvalue weighted by Gasteiger charge is 2.32. The number of fused-ring (bicyclic) bond motifs is 1. The average Bonchev–Trinajstić information content (AvgIpc) is 3.30. The predicted molar refractivity (Wildman–Crippen MR) is 138 cm³/mol. The van der Waals surface area contributed by atoms with E-state index in [-0.39, 0.29) is 31.0 Å². The van der Waals surface area contributed by atoms with Gasteiger partial charge in [0.1, 0.15) is 12.6 Å². The number of nitrogens with zero attached hydrogens (tertiary/aromatic N) is 2. The molecule has 196 valence electrons. The second kappa shape index (κ2) is 11.6. The van der Waals surface area contributed by atoms with Gasteiger partial charge in [-0.3, -0.25) is 13.9 Å². The first-order valence-electron chi connectivity index (χ1n) is 12.1. The molecule has 1 N–H and O–H groups in total. The topological polar surface area (TPSA) is 105 Å². The van der Waals surface area contributed by atoms with E-state index in [1.165, 1.54) is 11.0 Å². The van der Waals surface area contributed by atoms with Crippen molar-refractivity contribution in [2.45, 2.75) is 59.2 Å². The quantitative estimate of drug-likeness (QED) is 0.491. The maximum atomic E-state index is 13.8. The van der Waals surface area contributed by atoms with Gasteiger partial charge in [-0.2, -0.15) is 0 Å². The van der Waals surface area contributed by atoms with Gasteiger partial charge in [-0.1, -0.05) is 38.1 Å². The van der Waals surface area contributed by atoms with E-state index in [9.17, 15) is 18.0 Å². The maximum absolute atomic E-state index is 13.8. The molecule has 1 aliphatic heterocycles. The Hall–Kier alpha value is -3.27. The van der Waals surface area contributed by atoms with Gasteiger partial charge in [0.05, 0.1) is 11.9 Å². The monoisotopic (exact) mass is 517 g/mol. The van der Waals surface area contributed by atoms with Gasteiger partial charge in [-0.25, -0.2) is 8.42 Å². The molecule has 2 aromatic carbocycles. The Morgan fingerprint density at radius 1 is 1.06 bits per heavy atom. The van der Waals surface area contributed by atoms with Crippen LogP contribution in [-0.4, -0.2) is 56.8 Å². The first kappa shape index (κ1) is 27.3. The molecule has 0 saturated carbocycles. The summed E-state index contributed by atoms with van der Waals surface area (Å²) < 4.78 is 37.3. The van der Waals surface area contributed by atoms with E-state index in [0.29, 0.717) is 17.9 Å². The number of rotatable bonds is 11. The van der Waals surface area contributed by atoms with E-state index in [1.807, 2.05) is 52.0 Å². The first-order chi connectivity index (χ1) is 17.0. The van der Waals surface area contributed by atoms with Crippen LogP contribution in [0.5, 0.6) is 11.5 Å². The van der Waals surface area contributed by atoms with Crippen LogP contribution in [0, 0.1) is 6.92 Å². The number of nitrogens with one attached hydrogen (secondary N) is 1. The number of anilines is 1. The molecule has 0 unspecified atom stereocenters. The number of ether oxygens (including phenoxy) is 2. The molecule has 0 fully saturated rings. The van der Waals surface area contributed by atoms with Crippen molar-refractivity contribution in [1.82, 2.24) is 10.2 Å². The standard InChI is InChI=1S/C26H35N3O6S/c1-6-19(4)27-26(31)22(7-2)28(15-20-11-9-8-10-18(20)3)25(30)16-29(36(5,32)33)21-12-13-23-24(14-21)35-17-34-23/h8-14,19,22H,6-7,15-17H2,1-5H3,(H,27,31)/t19-,22+/m1/s1. The smallest absolute Gasteiger partial charge is 0.244 e. The Morgan fingerprint density at radius 3 is 2.39 bits per heavy atom. The summed E-state index contributed by atoms with van der Waals surface area (Å²) in [5.41, 5.74) is 2.14. The van der Waals surface area contributed by atoms with Crippen molar-refractivity contribution in [3.8, 4) is 11.5 Å². The van der Waals surface area contributed by atoms with Crippen molar-refractivity contribution in [2.24, 2.45) is 0 Å². The van der Waals surface area contributed by atoms with Crippen LogP contribution in [0.25, 0.3) is 0 Å². The molecule has 0 aromatic heterocycles. The fourth-order valence-electron chi connectivity index (χ4n) is 3.99. The zero-order valence-corrected chi connectivity index (χ0v) is 22.3. The highest BCUT2D eigenvalue weighted by atomic mass is 32.2. The molecule has 0 saturated heterocycles. The van der Waals surface area contributed by atoms with E-state index < -0.39 is 28.5 Å². The number of carbonyl (C=O) groups is 2. The van der Waals surface area contributed by atoms with E-state index in [4.69, 9.17) is 9.47 Å². The lowest BCUT2D eigenvalue weighted by molar-refractivity contribution is -0.140. The number of amides is 2. The Morgan fingerprint density at radius 2 is 1.75 bits per heavy atom. The number of hydrogen-bond donors (Lipinski definition) is 1. The molecule has 10 heteroatoms. The van der Waals surface area contributed by atoms with Crippen LogP contribution in [0.2, 0.25) is 0 Å².